The number of pyridine rings is 1. The summed E-state index contributed by atoms with van der Waals surface area (Å²) < 4.78 is 28.6. The lowest BCUT2D eigenvalue weighted by Crippen LogP contribution is -2.29. The number of rotatable bonds is 4. The summed E-state index contributed by atoms with van der Waals surface area (Å²) >= 11 is 0. The average Bonchev–Trinajstić information content (AvgIpc) is 3.13. The third kappa shape index (κ3) is 4.78. The highest BCUT2D eigenvalue weighted by molar-refractivity contribution is 5.92. The third-order valence-electron chi connectivity index (χ3n) is 5.85. The number of nitrogens with one attached hydrogen (secondary N) is 1. The molecule has 7 heteroatoms. The highest BCUT2D eigenvalue weighted by Crippen LogP contribution is 2.29. The number of carbonyl (C=O) groups is 2. The van der Waals surface area contributed by atoms with Crippen LogP contribution in [0.1, 0.15) is 38.5 Å². The molecule has 2 heterocycles. The van der Waals surface area contributed by atoms with E-state index >= 15 is 0 Å². The molecule has 0 atom stereocenters. The van der Waals surface area contributed by atoms with Crippen LogP contribution < -0.4 is 5.32 Å². The summed E-state index contributed by atoms with van der Waals surface area (Å²) in [5.41, 5.74) is 0.961. The lowest BCUT2D eigenvalue weighted by atomic mass is 9.82. The van der Waals surface area contributed by atoms with Gasteiger partial charge in [-0.15, -0.1) is 0 Å². The van der Waals surface area contributed by atoms with Crippen LogP contribution in [0.25, 0.3) is 11.1 Å². The number of carbonyl (C=O) groups excluding carboxylic acids is 2. The lowest BCUT2D eigenvalue weighted by molar-refractivity contribution is -0.431. The molecule has 2 amide bonds. The van der Waals surface area contributed by atoms with Gasteiger partial charge >= 0.3 is 5.91 Å². The molecule has 1 aliphatic heterocycles. The molecule has 1 saturated carbocycles. The minimum absolute atomic E-state index is 0.0669. The van der Waals surface area contributed by atoms with Gasteiger partial charge in [-0.1, -0.05) is 0 Å². The monoisotopic (exact) mass is 412 g/mol. The molecule has 1 aliphatic carbocycles. The number of halogens is 2. The van der Waals surface area contributed by atoms with Crippen LogP contribution in [0.4, 0.5) is 14.6 Å². The first-order valence-electron chi connectivity index (χ1n) is 10.4. The Bertz CT molecular complexity index is 960. The number of benzene rings is 1. The van der Waals surface area contributed by atoms with Crippen LogP contribution in [-0.2, 0) is 9.59 Å². The maximum atomic E-state index is 13.4. The first-order chi connectivity index (χ1) is 14.5. The van der Waals surface area contributed by atoms with Crippen molar-refractivity contribution >= 4 is 23.8 Å². The Balaban J connectivity index is 1.32. The molecule has 1 N–H and O–H groups in total. The third-order valence-corrected chi connectivity index (χ3v) is 5.85. The van der Waals surface area contributed by atoms with Gasteiger partial charge in [0.1, 0.15) is 17.5 Å². The van der Waals surface area contributed by atoms with Gasteiger partial charge in [-0.3, -0.25) is 4.79 Å². The van der Waals surface area contributed by atoms with Crippen molar-refractivity contribution in [1.82, 2.24) is 4.98 Å². The number of nitrogens with zero attached hydrogens (tertiary/aromatic N) is 2. The minimum atomic E-state index is -0.649. The molecule has 0 spiro atoms. The van der Waals surface area contributed by atoms with Crippen molar-refractivity contribution < 1.29 is 22.9 Å². The van der Waals surface area contributed by atoms with Gasteiger partial charge in [0.15, 0.2) is 12.8 Å². The molecular weight excluding hydrogens is 388 g/mol. The summed E-state index contributed by atoms with van der Waals surface area (Å²) in [4.78, 5) is 28.6. The molecule has 156 valence electrons. The maximum Gasteiger partial charge on any atom is 0.386 e. The van der Waals surface area contributed by atoms with Gasteiger partial charge in [0.05, 0.1) is 6.42 Å². The zero-order valence-electron chi connectivity index (χ0n) is 16.6. The van der Waals surface area contributed by atoms with Crippen LogP contribution in [0.15, 0.2) is 36.5 Å². The molecule has 2 aliphatic rings. The zero-order chi connectivity index (χ0) is 21.1. The SMILES string of the molecule is O=C(Nc1ccc(-c2cc(F)cc(F)c2)cn1)C1CCC(C=[N+]2CCCC2=O)CC1. The Morgan fingerprint density at radius 3 is 2.40 bits per heavy atom. The van der Waals surface area contributed by atoms with Gasteiger partial charge in [0.25, 0.3) is 0 Å². The summed E-state index contributed by atoms with van der Waals surface area (Å²) in [6.07, 6.45) is 8.42. The Morgan fingerprint density at radius 1 is 1.07 bits per heavy atom. The second kappa shape index (κ2) is 8.81. The van der Waals surface area contributed by atoms with E-state index in [1.165, 1.54) is 18.3 Å². The summed E-state index contributed by atoms with van der Waals surface area (Å²) in [7, 11) is 0. The molecule has 0 unspecified atom stereocenters. The number of amides is 2. The van der Waals surface area contributed by atoms with Crippen LogP contribution in [0.2, 0.25) is 0 Å². The average molecular weight is 412 g/mol. The Kier molecular flexibility index (Phi) is 5.97. The number of aromatic nitrogens is 1. The molecule has 5 nitrogen and oxygen atoms in total. The van der Waals surface area contributed by atoms with Crippen molar-refractivity contribution in [2.75, 3.05) is 11.9 Å². The minimum Gasteiger partial charge on any atom is -0.310 e. The predicted octanol–water partition coefficient (Wildman–Crippen LogP) is 4.18. The van der Waals surface area contributed by atoms with E-state index in [9.17, 15) is 18.4 Å². The quantitative estimate of drug-likeness (QED) is 0.767. The van der Waals surface area contributed by atoms with Crippen molar-refractivity contribution in [1.29, 1.82) is 0 Å². The van der Waals surface area contributed by atoms with Crippen molar-refractivity contribution in [3.63, 3.8) is 0 Å². The van der Waals surface area contributed by atoms with Crippen molar-refractivity contribution in [2.45, 2.75) is 38.5 Å². The van der Waals surface area contributed by atoms with Gasteiger partial charge < -0.3 is 5.32 Å². The summed E-state index contributed by atoms with van der Waals surface area (Å²) in [6, 6.07) is 6.61. The molecular formula is C23H24F2N3O2+. The van der Waals surface area contributed by atoms with E-state index < -0.39 is 11.6 Å². The Hall–Kier alpha value is -2.96. The summed E-state index contributed by atoms with van der Waals surface area (Å²) in [5.74, 6) is -0.485. The van der Waals surface area contributed by atoms with Crippen molar-refractivity contribution in [3.05, 3.63) is 48.2 Å². The molecule has 1 aromatic heterocycles. The normalized spacial score (nSPS) is 23.0. The van der Waals surface area contributed by atoms with Gasteiger partial charge in [-0.25, -0.2) is 18.6 Å². The Morgan fingerprint density at radius 2 is 1.80 bits per heavy atom. The van der Waals surface area contributed by atoms with E-state index in [0.29, 0.717) is 29.3 Å². The van der Waals surface area contributed by atoms with Crippen LogP contribution in [-0.4, -0.2) is 34.1 Å². The molecule has 0 bridgehead atoms. The van der Waals surface area contributed by atoms with Gasteiger partial charge in [0.2, 0.25) is 5.91 Å². The maximum absolute atomic E-state index is 13.4. The predicted molar refractivity (Wildman–Crippen MR) is 109 cm³/mol. The summed E-state index contributed by atoms with van der Waals surface area (Å²) in [6.45, 7) is 0.809. The van der Waals surface area contributed by atoms with E-state index in [1.54, 1.807) is 12.1 Å². The van der Waals surface area contributed by atoms with Crippen molar-refractivity contribution in [2.24, 2.45) is 11.8 Å². The van der Waals surface area contributed by atoms with E-state index in [4.69, 9.17) is 0 Å². The zero-order valence-corrected chi connectivity index (χ0v) is 16.6. The molecule has 1 aromatic carbocycles. The molecule has 4 rings (SSSR count). The van der Waals surface area contributed by atoms with Gasteiger partial charge in [-0.05, 0) is 55.5 Å². The summed E-state index contributed by atoms with van der Waals surface area (Å²) in [5, 5.41) is 2.84. The number of hydrogen-bond acceptors (Lipinski definition) is 3. The number of anilines is 1. The lowest BCUT2D eigenvalue weighted by Gasteiger charge is -2.24. The molecule has 30 heavy (non-hydrogen) atoms. The van der Waals surface area contributed by atoms with E-state index in [0.717, 1.165) is 44.7 Å². The van der Waals surface area contributed by atoms with E-state index in [-0.39, 0.29) is 17.7 Å². The standard InChI is InChI=1S/C23H23F2N3O2/c24-19-10-18(11-20(25)12-19)17-7-8-21(26-13-17)27-23(30)16-5-3-15(4-6-16)14-28-9-1-2-22(28)29/h7-8,10-16H,1-6,9H2/p+1. The van der Waals surface area contributed by atoms with Gasteiger partial charge in [0, 0.05) is 36.1 Å². The van der Waals surface area contributed by atoms with Crippen molar-refractivity contribution in [3.8, 4) is 11.1 Å². The van der Waals surface area contributed by atoms with E-state index in [2.05, 4.69) is 16.5 Å². The van der Waals surface area contributed by atoms with E-state index in [1.807, 2.05) is 4.58 Å². The van der Waals surface area contributed by atoms with Crippen LogP contribution in [0.5, 0.6) is 0 Å². The topological polar surface area (TPSA) is 62.1 Å². The van der Waals surface area contributed by atoms with Crippen LogP contribution in [0.3, 0.4) is 0 Å². The highest BCUT2D eigenvalue weighted by atomic mass is 19.1. The van der Waals surface area contributed by atoms with Crippen LogP contribution >= 0.6 is 0 Å². The second-order valence-electron chi connectivity index (χ2n) is 8.03. The first kappa shape index (κ1) is 20.3. The largest absolute Gasteiger partial charge is 0.386 e. The number of hydrogen-bond donors (Lipinski definition) is 1. The Labute approximate surface area is 173 Å². The highest BCUT2D eigenvalue weighted by Gasteiger charge is 2.30. The second-order valence-corrected chi connectivity index (χ2v) is 8.03. The smallest absolute Gasteiger partial charge is 0.310 e. The molecule has 1 saturated heterocycles. The van der Waals surface area contributed by atoms with Gasteiger partial charge in [-0.2, -0.15) is 4.58 Å². The fraction of sp³-hybridized carbons (Fsp3) is 0.391. The first-order valence-corrected chi connectivity index (χ1v) is 10.4. The van der Waals surface area contributed by atoms with Crippen LogP contribution in [0, 0.1) is 23.5 Å². The fourth-order valence-corrected chi connectivity index (χ4v) is 4.20. The molecule has 2 aromatic rings. The molecule has 2 fully saturated rings. The molecule has 0 radical (unpaired) electrons. The fourth-order valence-electron chi connectivity index (χ4n) is 4.20.